The SMILES string of the molecule is C=CC(=O)N1CC2(CCN(c3nc4c(c(-c5cc(O)ccc5C)c3C#N)[C@@H]3CC[C@H]4C3)C2)C1. The lowest BCUT2D eigenvalue weighted by Crippen LogP contribution is -2.59. The first-order valence-electron chi connectivity index (χ1n) is 11.9. The van der Waals surface area contributed by atoms with E-state index in [9.17, 15) is 15.2 Å². The first kappa shape index (κ1) is 20.3. The third-order valence-corrected chi connectivity index (χ3v) is 8.35. The van der Waals surface area contributed by atoms with E-state index in [0.717, 1.165) is 80.1 Å². The fourth-order valence-corrected chi connectivity index (χ4v) is 6.74. The Morgan fingerprint density at radius 1 is 1.30 bits per heavy atom. The maximum atomic E-state index is 12.0. The highest BCUT2D eigenvalue weighted by Crippen LogP contribution is 2.57. The fraction of sp³-hybridized carbons (Fsp3) is 0.444. The summed E-state index contributed by atoms with van der Waals surface area (Å²) in [4.78, 5) is 21.2. The zero-order valence-electron chi connectivity index (χ0n) is 19.0. The zero-order valence-corrected chi connectivity index (χ0v) is 19.0. The Balaban J connectivity index is 1.45. The molecule has 3 heterocycles. The molecule has 2 aliphatic carbocycles. The van der Waals surface area contributed by atoms with Crippen LogP contribution in [-0.4, -0.2) is 47.1 Å². The summed E-state index contributed by atoms with van der Waals surface area (Å²) >= 11 is 0. The molecular formula is C27H28N4O2. The van der Waals surface area contributed by atoms with Gasteiger partial charge in [0.2, 0.25) is 5.91 Å². The smallest absolute Gasteiger partial charge is 0.245 e. The van der Waals surface area contributed by atoms with Crippen LogP contribution < -0.4 is 4.90 Å². The normalized spacial score (nSPS) is 24.0. The molecule has 6 heteroatoms. The number of carbonyl (C=O) groups excluding carboxylic acids is 1. The number of nitrogens with zero attached hydrogens (tertiary/aromatic N) is 4. The first-order valence-corrected chi connectivity index (χ1v) is 11.9. The lowest BCUT2D eigenvalue weighted by Gasteiger charge is -2.47. The second-order valence-electron chi connectivity index (χ2n) is 10.4. The van der Waals surface area contributed by atoms with Gasteiger partial charge in [0.1, 0.15) is 23.2 Å². The van der Waals surface area contributed by atoms with E-state index < -0.39 is 0 Å². The van der Waals surface area contributed by atoms with E-state index >= 15 is 0 Å². The highest BCUT2D eigenvalue weighted by molar-refractivity contribution is 5.88. The number of fused-ring (bicyclic) bond motifs is 5. The Morgan fingerprint density at radius 2 is 2.09 bits per heavy atom. The van der Waals surface area contributed by atoms with Gasteiger partial charge < -0.3 is 14.9 Å². The quantitative estimate of drug-likeness (QED) is 0.723. The zero-order chi connectivity index (χ0) is 22.9. The minimum absolute atomic E-state index is 0.00915. The number of benzene rings is 1. The average Bonchev–Trinajstić information content (AvgIpc) is 3.53. The van der Waals surface area contributed by atoms with Crippen LogP contribution in [0.4, 0.5) is 5.82 Å². The van der Waals surface area contributed by atoms with Crippen LogP contribution in [0, 0.1) is 23.7 Å². The van der Waals surface area contributed by atoms with E-state index in [1.54, 1.807) is 12.1 Å². The summed E-state index contributed by atoms with van der Waals surface area (Å²) in [6.07, 6.45) is 5.80. The van der Waals surface area contributed by atoms with Crippen LogP contribution >= 0.6 is 0 Å². The number of anilines is 1. The van der Waals surface area contributed by atoms with Gasteiger partial charge in [-0.1, -0.05) is 12.6 Å². The number of aromatic hydroxyl groups is 1. The van der Waals surface area contributed by atoms with E-state index in [4.69, 9.17) is 4.98 Å². The molecule has 33 heavy (non-hydrogen) atoms. The number of carbonyl (C=O) groups is 1. The van der Waals surface area contributed by atoms with Gasteiger partial charge in [0.25, 0.3) is 0 Å². The molecule has 168 valence electrons. The summed E-state index contributed by atoms with van der Waals surface area (Å²) in [6, 6.07) is 7.95. The molecule has 2 aromatic rings. The molecule has 6 nitrogen and oxygen atoms in total. The Morgan fingerprint density at radius 3 is 2.85 bits per heavy atom. The number of phenolic OH excluding ortho intramolecular Hbond substituents is 1. The molecule has 1 saturated carbocycles. The summed E-state index contributed by atoms with van der Waals surface area (Å²) in [5.74, 6) is 1.91. The van der Waals surface area contributed by atoms with Crippen molar-refractivity contribution in [2.24, 2.45) is 5.41 Å². The van der Waals surface area contributed by atoms with Crippen molar-refractivity contribution in [3.8, 4) is 22.9 Å². The molecule has 1 aromatic heterocycles. The third kappa shape index (κ3) is 2.91. The highest BCUT2D eigenvalue weighted by Gasteiger charge is 2.50. The number of aromatic nitrogens is 1. The molecule has 4 aliphatic rings. The summed E-state index contributed by atoms with van der Waals surface area (Å²) < 4.78 is 0. The van der Waals surface area contributed by atoms with E-state index in [1.807, 2.05) is 17.9 Å². The van der Waals surface area contributed by atoms with Crippen LogP contribution in [0.15, 0.2) is 30.9 Å². The van der Waals surface area contributed by atoms with E-state index in [2.05, 4.69) is 17.5 Å². The molecule has 6 rings (SSSR count). The largest absolute Gasteiger partial charge is 0.508 e. The lowest BCUT2D eigenvalue weighted by atomic mass is 9.79. The number of hydrogen-bond donors (Lipinski definition) is 1. The molecular weight excluding hydrogens is 412 g/mol. The number of rotatable bonds is 3. The summed E-state index contributed by atoms with van der Waals surface area (Å²) in [5, 5.41) is 20.7. The van der Waals surface area contributed by atoms with Gasteiger partial charge in [-0.15, -0.1) is 0 Å². The van der Waals surface area contributed by atoms with Crippen LogP contribution in [0.1, 0.15) is 59.9 Å². The predicted octanol–water partition coefficient (Wildman–Crippen LogP) is 4.22. The highest BCUT2D eigenvalue weighted by atomic mass is 16.3. The molecule has 0 unspecified atom stereocenters. The van der Waals surface area contributed by atoms with Crippen LogP contribution in [0.5, 0.6) is 5.75 Å². The predicted molar refractivity (Wildman–Crippen MR) is 126 cm³/mol. The summed E-state index contributed by atoms with van der Waals surface area (Å²) in [5.41, 5.74) is 6.09. The second-order valence-corrected chi connectivity index (χ2v) is 10.4. The Labute approximate surface area is 194 Å². The molecule has 2 atom stereocenters. The lowest BCUT2D eigenvalue weighted by molar-refractivity contribution is -0.136. The van der Waals surface area contributed by atoms with Crippen molar-refractivity contribution in [1.29, 1.82) is 5.26 Å². The molecule has 1 amide bonds. The van der Waals surface area contributed by atoms with Gasteiger partial charge in [0, 0.05) is 43.1 Å². The third-order valence-electron chi connectivity index (χ3n) is 8.35. The molecule has 1 aromatic carbocycles. The van der Waals surface area contributed by atoms with Crippen LogP contribution in [0.3, 0.4) is 0 Å². The molecule has 0 radical (unpaired) electrons. The number of aryl methyl sites for hydroxylation is 1. The molecule has 1 spiro atoms. The van der Waals surface area contributed by atoms with E-state index in [0.29, 0.717) is 17.4 Å². The topological polar surface area (TPSA) is 80.5 Å². The van der Waals surface area contributed by atoms with Crippen LogP contribution in [0.25, 0.3) is 11.1 Å². The minimum Gasteiger partial charge on any atom is -0.508 e. The second kappa shape index (κ2) is 7.08. The van der Waals surface area contributed by atoms with Crippen molar-refractivity contribution in [2.75, 3.05) is 31.1 Å². The summed E-state index contributed by atoms with van der Waals surface area (Å²) in [7, 11) is 0. The van der Waals surface area contributed by atoms with Crippen molar-refractivity contribution >= 4 is 11.7 Å². The number of nitriles is 1. The van der Waals surface area contributed by atoms with Gasteiger partial charge >= 0.3 is 0 Å². The van der Waals surface area contributed by atoms with E-state index in [1.165, 1.54) is 11.6 Å². The van der Waals surface area contributed by atoms with Gasteiger partial charge in [0.15, 0.2) is 0 Å². The molecule has 2 saturated heterocycles. The van der Waals surface area contributed by atoms with Crippen LogP contribution in [0.2, 0.25) is 0 Å². The Hall–Kier alpha value is -3.33. The van der Waals surface area contributed by atoms with Crippen molar-refractivity contribution in [1.82, 2.24) is 9.88 Å². The Bertz CT molecular complexity index is 1240. The molecule has 1 N–H and O–H groups in total. The van der Waals surface area contributed by atoms with Crippen molar-refractivity contribution < 1.29 is 9.90 Å². The number of likely N-dealkylation sites (tertiary alicyclic amines) is 1. The molecule has 2 bridgehead atoms. The van der Waals surface area contributed by atoms with Gasteiger partial charge in [-0.05, 0) is 73.4 Å². The number of pyridine rings is 1. The van der Waals surface area contributed by atoms with Gasteiger partial charge in [-0.3, -0.25) is 4.79 Å². The molecule has 2 aliphatic heterocycles. The van der Waals surface area contributed by atoms with Gasteiger partial charge in [-0.2, -0.15) is 5.26 Å². The number of hydrogen-bond acceptors (Lipinski definition) is 5. The average molecular weight is 441 g/mol. The maximum Gasteiger partial charge on any atom is 0.245 e. The number of phenols is 1. The van der Waals surface area contributed by atoms with Gasteiger partial charge in [0.05, 0.1) is 5.69 Å². The van der Waals surface area contributed by atoms with Gasteiger partial charge in [-0.25, -0.2) is 4.98 Å². The Kier molecular flexibility index (Phi) is 4.35. The summed E-state index contributed by atoms with van der Waals surface area (Å²) in [6.45, 7) is 8.77. The van der Waals surface area contributed by atoms with E-state index in [-0.39, 0.29) is 17.1 Å². The van der Waals surface area contributed by atoms with Crippen molar-refractivity contribution in [2.45, 2.75) is 44.4 Å². The maximum absolute atomic E-state index is 12.0. The van der Waals surface area contributed by atoms with Crippen molar-refractivity contribution in [3.63, 3.8) is 0 Å². The van der Waals surface area contributed by atoms with Crippen molar-refractivity contribution in [3.05, 3.63) is 53.2 Å². The minimum atomic E-state index is -0.00915. The monoisotopic (exact) mass is 440 g/mol. The molecule has 3 fully saturated rings. The van der Waals surface area contributed by atoms with Crippen LogP contribution in [-0.2, 0) is 4.79 Å². The standard InChI is InChI=1S/C27H28N4O2/c1-3-22(33)31-14-27(15-31)8-9-30(13-27)26-21(12-28)24(20-11-19(32)7-4-16(20)2)23-17-5-6-18(10-17)25(23)29-26/h3-4,7,11,17-18,32H,1,5-6,8-10,13-15H2,2H3/t17-,18+/m1/s1. The first-order chi connectivity index (χ1) is 15.9. The number of amides is 1. The fourth-order valence-electron chi connectivity index (χ4n) is 6.74.